The second kappa shape index (κ2) is 7.11. The zero-order chi connectivity index (χ0) is 14.5. The summed E-state index contributed by atoms with van der Waals surface area (Å²) in [6.07, 6.45) is 0.602. The third-order valence-electron chi connectivity index (χ3n) is 3.78. The number of aliphatic hydroxyl groups excluding tert-OH is 1. The fourth-order valence-corrected chi connectivity index (χ4v) is 2.58. The number of rotatable bonds is 5. The van der Waals surface area contributed by atoms with E-state index in [4.69, 9.17) is 4.74 Å². The molecule has 0 bridgehead atoms. The summed E-state index contributed by atoms with van der Waals surface area (Å²) < 4.78 is 31.7. The summed E-state index contributed by atoms with van der Waals surface area (Å²) in [6.45, 7) is 5.04. The molecule has 20 heavy (non-hydrogen) atoms. The average molecular weight is 285 g/mol. The number of morpholine rings is 1. The summed E-state index contributed by atoms with van der Waals surface area (Å²) in [5.74, 6) is -1.31. The molecule has 3 nitrogen and oxygen atoms in total. The molecule has 1 heterocycles. The highest BCUT2D eigenvalue weighted by atomic mass is 19.1. The van der Waals surface area contributed by atoms with E-state index in [9.17, 15) is 13.9 Å². The van der Waals surface area contributed by atoms with Gasteiger partial charge in [-0.25, -0.2) is 8.78 Å². The van der Waals surface area contributed by atoms with Crippen LogP contribution >= 0.6 is 0 Å². The Balaban J connectivity index is 1.92. The Morgan fingerprint density at radius 1 is 1.35 bits per heavy atom. The van der Waals surface area contributed by atoms with E-state index in [1.165, 1.54) is 12.1 Å². The van der Waals surface area contributed by atoms with Crippen molar-refractivity contribution >= 4 is 0 Å². The van der Waals surface area contributed by atoms with Gasteiger partial charge in [0.2, 0.25) is 0 Å². The molecule has 5 heteroatoms. The van der Waals surface area contributed by atoms with Crippen LogP contribution in [-0.4, -0.2) is 42.4 Å². The minimum absolute atomic E-state index is 0.295. The van der Waals surface area contributed by atoms with Crippen LogP contribution in [0.3, 0.4) is 0 Å². The van der Waals surface area contributed by atoms with Crippen molar-refractivity contribution in [2.45, 2.75) is 31.9 Å². The molecule has 112 valence electrons. The summed E-state index contributed by atoms with van der Waals surface area (Å²) in [6, 6.07) is 3.54. The molecule has 2 unspecified atom stereocenters. The SMILES string of the molecule is CCC1COCCN1CCC(O)c1cc(F)cc(F)c1. The number of hydrogen-bond donors (Lipinski definition) is 1. The Morgan fingerprint density at radius 2 is 2.05 bits per heavy atom. The van der Waals surface area contributed by atoms with E-state index in [-0.39, 0.29) is 0 Å². The van der Waals surface area contributed by atoms with Gasteiger partial charge in [0.1, 0.15) is 11.6 Å². The number of benzene rings is 1. The Kier molecular flexibility index (Phi) is 5.46. The van der Waals surface area contributed by atoms with E-state index in [1.807, 2.05) is 0 Å². The van der Waals surface area contributed by atoms with E-state index >= 15 is 0 Å². The number of halogens is 2. The van der Waals surface area contributed by atoms with Crippen molar-refractivity contribution < 1.29 is 18.6 Å². The summed E-state index contributed by atoms with van der Waals surface area (Å²) >= 11 is 0. The molecule has 0 aliphatic carbocycles. The van der Waals surface area contributed by atoms with Crippen molar-refractivity contribution in [2.75, 3.05) is 26.3 Å². The van der Waals surface area contributed by atoms with Crippen LogP contribution in [0.5, 0.6) is 0 Å². The van der Waals surface area contributed by atoms with Crippen molar-refractivity contribution in [1.82, 2.24) is 4.90 Å². The lowest BCUT2D eigenvalue weighted by Gasteiger charge is -2.35. The third-order valence-corrected chi connectivity index (χ3v) is 3.78. The lowest BCUT2D eigenvalue weighted by molar-refractivity contribution is -0.0143. The summed E-state index contributed by atoms with van der Waals surface area (Å²) in [5, 5.41) is 10.1. The Morgan fingerprint density at radius 3 is 2.70 bits per heavy atom. The number of aliphatic hydroxyl groups is 1. The van der Waals surface area contributed by atoms with E-state index in [2.05, 4.69) is 11.8 Å². The van der Waals surface area contributed by atoms with Crippen molar-refractivity contribution in [2.24, 2.45) is 0 Å². The maximum absolute atomic E-state index is 13.1. The highest BCUT2D eigenvalue weighted by molar-refractivity contribution is 5.20. The Hall–Kier alpha value is -1.04. The van der Waals surface area contributed by atoms with Crippen molar-refractivity contribution in [3.8, 4) is 0 Å². The third kappa shape index (κ3) is 3.98. The van der Waals surface area contributed by atoms with Crippen molar-refractivity contribution in [1.29, 1.82) is 0 Å². The lowest BCUT2D eigenvalue weighted by atomic mass is 10.0. The van der Waals surface area contributed by atoms with Gasteiger partial charge in [0.05, 0.1) is 19.3 Å². The Labute approximate surface area is 118 Å². The molecule has 0 saturated carbocycles. The molecule has 1 saturated heterocycles. The van der Waals surface area contributed by atoms with Gasteiger partial charge in [0.15, 0.2) is 0 Å². The molecule has 1 aliphatic rings. The summed E-state index contributed by atoms with van der Waals surface area (Å²) in [7, 11) is 0. The van der Waals surface area contributed by atoms with Crippen LogP contribution < -0.4 is 0 Å². The van der Waals surface area contributed by atoms with Crippen LogP contribution in [0.2, 0.25) is 0 Å². The maximum atomic E-state index is 13.1. The fourth-order valence-electron chi connectivity index (χ4n) is 2.58. The quantitative estimate of drug-likeness (QED) is 0.902. The monoisotopic (exact) mass is 285 g/mol. The van der Waals surface area contributed by atoms with Gasteiger partial charge >= 0.3 is 0 Å². The molecule has 0 spiro atoms. The number of hydrogen-bond acceptors (Lipinski definition) is 3. The zero-order valence-electron chi connectivity index (χ0n) is 11.7. The van der Waals surface area contributed by atoms with Gasteiger partial charge in [-0.3, -0.25) is 4.90 Å². The second-order valence-corrected chi connectivity index (χ2v) is 5.18. The predicted molar refractivity (Wildman–Crippen MR) is 72.4 cm³/mol. The summed E-state index contributed by atoms with van der Waals surface area (Å²) in [5.41, 5.74) is 0.295. The lowest BCUT2D eigenvalue weighted by Crippen LogP contribution is -2.45. The molecule has 1 aromatic carbocycles. The van der Waals surface area contributed by atoms with Gasteiger partial charge < -0.3 is 9.84 Å². The standard InChI is InChI=1S/C15H21F2NO2/c1-2-14-10-20-6-5-18(14)4-3-15(19)11-7-12(16)9-13(17)8-11/h7-9,14-15,19H,2-6,10H2,1H3. The first-order valence-corrected chi connectivity index (χ1v) is 7.06. The second-order valence-electron chi connectivity index (χ2n) is 5.18. The zero-order valence-corrected chi connectivity index (χ0v) is 11.7. The first-order valence-electron chi connectivity index (χ1n) is 7.06. The van der Waals surface area contributed by atoms with Gasteiger partial charge in [-0.05, 0) is 30.5 Å². The van der Waals surface area contributed by atoms with Gasteiger partial charge in [0, 0.05) is 25.2 Å². The van der Waals surface area contributed by atoms with Crippen molar-refractivity contribution in [3.05, 3.63) is 35.4 Å². The van der Waals surface area contributed by atoms with Gasteiger partial charge in [-0.15, -0.1) is 0 Å². The van der Waals surface area contributed by atoms with Gasteiger partial charge in [-0.2, -0.15) is 0 Å². The molecule has 1 fully saturated rings. The highest BCUT2D eigenvalue weighted by Crippen LogP contribution is 2.21. The van der Waals surface area contributed by atoms with E-state index < -0.39 is 17.7 Å². The molecule has 0 radical (unpaired) electrons. The van der Waals surface area contributed by atoms with Crippen molar-refractivity contribution in [3.63, 3.8) is 0 Å². The van der Waals surface area contributed by atoms with Crippen LogP contribution in [0, 0.1) is 11.6 Å². The van der Waals surface area contributed by atoms with Crippen LogP contribution in [0.15, 0.2) is 18.2 Å². The predicted octanol–water partition coefficient (Wildman–Crippen LogP) is 2.50. The van der Waals surface area contributed by atoms with E-state index in [0.29, 0.717) is 37.8 Å². The fraction of sp³-hybridized carbons (Fsp3) is 0.600. The molecule has 0 aromatic heterocycles. The van der Waals surface area contributed by atoms with E-state index in [0.717, 1.165) is 19.0 Å². The number of nitrogens with zero attached hydrogens (tertiary/aromatic N) is 1. The topological polar surface area (TPSA) is 32.7 Å². The minimum atomic E-state index is -0.847. The molecule has 1 aromatic rings. The molecular formula is C15H21F2NO2. The molecule has 1 N–H and O–H groups in total. The van der Waals surface area contributed by atoms with Gasteiger partial charge in [-0.1, -0.05) is 6.92 Å². The van der Waals surface area contributed by atoms with Gasteiger partial charge in [0.25, 0.3) is 0 Å². The normalized spacial score (nSPS) is 21.9. The highest BCUT2D eigenvalue weighted by Gasteiger charge is 2.22. The minimum Gasteiger partial charge on any atom is -0.388 e. The smallest absolute Gasteiger partial charge is 0.126 e. The molecule has 2 atom stereocenters. The van der Waals surface area contributed by atoms with Crippen LogP contribution in [-0.2, 0) is 4.74 Å². The first-order chi connectivity index (χ1) is 9.60. The largest absolute Gasteiger partial charge is 0.388 e. The first kappa shape index (κ1) is 15.4. The number of ether oxygens (including phenoxy) is 1. The van der Waals surface area contributed by atoms with E-state index in [1.54, 1.807) is 0 Å². The molecule has 0 amide bonds. The Bertz CT molecular complexity index is 422. The molecule has 2 rings (SSSR count). The average Bonchev–Trinajstić information content (AvgIpc) is 2.44. The molecular weight excluding hydrogens is 264 g/mol. The van der Waals surface area contributed by atoms with Crippen LogP contribution in [0.4, 0.5) is 8.78 Å². The summed E-state index contributed by atoms with van der Waals surface area (Å²) in [4.78, 5) is 2.27. The van der Waals surface area contributed by atoms with Crippen LogP contribution in [0.1, 0.15) is 31.4 Å². The van der Waals surface area contributed by atoms with Crippen LogP contribution in [0.25, 0.3) is 0 Å². The molecule has 1 aliphatic heterocycles. The maximum Gasteiger partial charge on any atom is 0.126 e.